The minimum Gasteiger partial charge on any atom is -0.478 e. The molecule has 1 N–H and O–H groups in total. The number of nitrogens with zero attached hydrogens (tertiary/aromatic N) is 2. The molecular formula is C13H12N2O3. The summed E-state index contributed by atoms with van der Waals surface area (Å²) in [5.74, 6) is -0.392. The fraction of sp³-hybridized carbons (Fsp3) is 0.154. The molecule has 1 aromatic heterocycles. The Morgan fingerprint density at radius 2 is 2.06 bits per heavy atom. The van der Waals surface area contributed by atoms with Crippen LogP contribution in [-0.2, 0) is 11.2 Å². The molecule has 0 amide bonds. The normalized spacial score (nSPS) is 10.9. The monoisotopic (exact) mass is 244 g/mol. The fourth-order valence-electron chi connectivity index (χ4n) is 1.43. The molecular weight excluding hydrogens is 232 g/mol. The summed E-state index contributed by atoms with van der Waals surface area (Å²) >= 11 is 0. The largest absolute Gasteiger partial charge is 0.478 e. The van der Waals surface area contributed by atoms with Gasteiger partial charge in [-0.05, 0) is 12.5 Å². The van der Waals surface area contributed by atoms with Crippen LogP contribution in [0.2, 0.25) is 0 Å². The second-order valence-electron chi connectivity index (χ2n) is 3.87. The molecule has 0 atom stereocenters. The number of benzene rings is 1. The van der Waals surface area contributed by atoms with Gasteiger partial charge in [-0.2, -0.15) is 0 Å². The lowest BCUT2D eigenvalue weighted by Crippen LogP contribution is -1.88. The van der Waals surface area contributed by atoms with E-state index in [0.29, 0.717) is 12.3 Å². The molecule has 2 aromatic rings. The number of carbonyl (C=O) groups is 1. The van der Waals surface area contributed by atoms with E-state index in [4.69, 9.17) is 9.52 Å². The van der Waals surface area contributed by atoms with E-state index < -0.39 is 5.97 Å². The molecule has 0 bridgehead atoms. The van der Waals surface area contributed by atoms with Crippen molar-refractivity contribution in [2.75, 3.05) is 0 Å². The molecule has 0 saturated heterocycles. The standard InChI is InChI=1S/C13H12N2O3/c1-9-2-4-10(5-3-9)8-12-15-14-11(18-12)6-7-13(16)17/h2-7H,8H2,1H3,(H,16,17)/b7-6+. The van der Waals surface area contributed by atoms with Crippen LogP contribution in [-0.4, -0.2) is 21.3 Å². The smallest absolute Gasteiger partial charge is 0.328 e. The Balaban J connectivity index is 2.06. The van der Waals surface area contributed by atoms with Crippen LogP contribution >= 0.6 is 0 Å². The average molecular weight is 244 g/mol. The molecule has 5 nitrogen and oxygen atoms in total. The van der Waals surface area contributed by atoms with Gasteiger partial charge in [0.05, 0.1) is 6.42 Å². The lowest BCUT2D eigenvalue weighted by molar-refractivity contribution is -0.131. The zero-order valence-corrected chi connectivity index (χ0v) is 9.83. The zero-order valence-electron chi connectivity index (χ0n) is 9.83. The summed E-state index contributed by atoms with van der Waals surface area (Å²) in [6, 6.07) is 8.01. The zero-order chi connectivity index (χ0) is 13.0. The first kappa shape index (κ1) is 12.0. The Morgan fingerprint density at radius 3 is 2.72 bits per heavy atom. The average Bonchev–Trinajstić information content (AvgIpc) is 2.77. The van der Waals surface area contributed by atoms with Crippen LogP contribution in [0.15, 0.2) is 34.8 Å². The molecule has 92 valence electrons. The van der Waals surface area contributed by atoms with Crippen LogP contribution < -0.4 is 0 Å². The van der Waals surface area contributed by atoms with Crippen molar-refractivity contribution in [1.82, 2.24) is 10.2 Å². The van der Waals surface area contributed by atoms with Crippen LogP contribution in [0.1, 0.15) is 22.9 Å². The molecule has 0 saturated carbocycles. The Morgan fingerprint density at radius 1 is 1.33 bits per heavy atom. The van der Waals surface area contributed by atoms with Gasteiger partial charge in [-0.15, -0.1) is 10.2 Å². The second kappa shape index (κ2) is 5.27. The van der Waals surface area contributed by atoms with Gasteiger partial charge in [-0.3, -0.25) is 0 Å². The Hall–Kier alpha value is -2.43. The van der Waals surface area contributed by atoms with E-state index in [2.05, 4.69) is 10.2 Å². The Kier molecular flexibility index (Phi) is 3.52. The summed E-state index contributed by atoms with van der Waals surface area (Å²) in [6.07, 6.45) is 2.77. The molecule has 0 aliphatic carbocycles. The van der Waals surface area contributed by atoms with Crippen molar-refractivity contribution in [3.05, 3.63) is 53.2 Å². The quantitative estimate of drug-likeness (QED) is 0.833. The molecule has 0 spiro atoms. The third-order valence-electron chi connectivity index (χ3n) is 2.33. The fourth-order valence-corrected chi connectivity index (χ4v) is 1.43. The van der Waals surface area contributed by atoms with Crippen molar-refractivity contribution in [2.24, 2.45) is 0 Å². The lowest BCUT2D eigenvalue weighted by atomic mass is 10.1. The summed E-state index contributed by atoms with van der Waals surface area (Å²) in [4.78, 5) is 10.3. The Labute approximate surface area is 104 Å². The summed E-state index contributed by atoms with van der Waals surface area (Å²) in [7, 11) is 0. The van der Waals surface area contributed by atoms with Crippen molar-refractivity contribution < 1.29 is 14.3 Å². The molecule has 5 heteroatoms. The predicted molar refractivity (Wildman–Crippen MR) is 65.0 cm³/mol. The first-order valence-electron chi connectivity index (χ1n) is 5.42. The number of rotatable bonds is 4. The summed E-state index contributed by atoms with van der Waals surface area (Å²) < 4.78 is 5.30. The van der Waals surface area contributed by atoms with E-state index in [-0.39, 0.29) is 5.89 Å². The first-order valence-corrected chi connectivity index (χ1v) is 5.42. The first-order chi connectivity index (χ1) is 8.63. The molecule has 1 aromatic carbocycles. The van der Waals surface area contributed by atoms with Crippen molar-refractivity contribution in [3.8, 4) is 0 Å². The molecule has 0 aliphatic heterocycles. The van der Waals surface area contributed by atoms with Crippen molar-refractivity contribution in [2.45, 2.75) is 13.3 Å². The van der Waals surface area contributed by atoms with Crippen LogP contribution in [0, 0.1) is 6.92 Å². The highest BCUT2D eigenvalue weighted by Gasteiger charge is 2.05. The SMILES string of the molecule is Cc1ccc(Cc2nnc(/C=C/C(=O)O)o2)cc1. The highest BCUT2D eigenvalue weighted by Crippen LogP contribution is 2.10. The van der Waals surface area contributed by atoms with Crippen LogP contribution in [0.5, 0.6) is 0 Å². The number of carboxylic acid groups (broad SMARTS) is 1. The van der Waals surface area contributed by atoms with Gasteiger partial charge in [0.1, 0.15) is 0 Å². The molecule has 0 fully saturated rings. The third-order valence-corrected chi connectivity index (χ3v) is 2.33. The van der Waals surface area contributed by atoms with Gasteiger partial charge < -0.3 is 9.52 Å². The Bertz CT molecular complexity index is 570. The number of aromatic nitrogens is 2. The van der Waals surface area contributed by atoms with Gasteiger partial charge >= 0.3 is 5.97 Å². The van der Waals surface area contributed by atoms with Crippen molar-refractivity contribution in [3.63, 3.8) is 0 Å². The molecule has 18 heavy (non-hydrogen) atoms. The maximum absolute atomic E-state index is 10.3. The van der Waals surface area contributed by atoms with E-state index in [9.17, 15) is 4.79 Å². The van der Waals surface area contributed by atoms with Gasteiger partial charge in [0.15, 0.2) is 0 Å². The lowest BCUT2D eigenvalue weighted by Gasteiger charge is -1.97. The molecule has 0 unspecified atom stereocenters. The number of aliphatic carboxylic acids is 1. The highest BCUT2D eigenvalue weighted by molar-refractivity contribution is 5.84. The summed E-state index contributed by atoms with van der Waals surface area (Å²) in [5.41, 5.74) is 2.26. The number of hydrogen-bond acceptors (Lipinski definition) is 4. The molecule has 0 aliphatic rings. The van der Waals surface area contributed by atoms with E-state index in [0.717, 1.165) is 11.6 Å². The molecule has 2 rings (SSSR count). The highest BCUT2D eigenvalue weighted by atomic mass is 16.4. The van der Waals surface area contributed by atoms with Crippen LogP contribution in [0.3, 0.4) is 0 Å². The summed E-state index contributed by atoms with van der Waals surface area (Å²) in [5, 5.41) is 16.1. The number of hydrogen-bond donors (Lipinski definition) is 1. The molecule has 1 heterocycles. The summed E-state index contributed by atoms with van der Waals surface area (Å²) in [6.45, 7) is 2.02. The topological polar surface area (TPSA) is 76.2 Å². The van der Waals surface area contributed by atoms with E-state index in [1.54, 1.807) is 0 Å². The van der Waals surface area contributed by atoms with Crippen molar-refractivity contribution >= 4 is 12.0 Å². The van der Waals surface area contributed by atoms with Gasteiger partial charge in [-0.25, -0.2) is 4.79 Å². The second-order valence-corrected chi connectivity index (χ2v) is 3.87. The minimum absolute atomic E-state index is 0.194. The number of aryl methyl sites for hydroxylation is 1. The number of carboxylic acids is 1. The van der Waals surface area contributed by atoms with Gasteiger partial charge in [0, 0.05) is 12.2 Å². The van der Waals surface area contributed by atoms with E-state index >= 15 is 0 Å². The maximum Gasteiger partial charge on any atom is 0.328 e. The minimum atomic E-state index is -1.05. The van der Waals surface area contributed by atoms with Gasteiger partial charge in [-0.1, -0.05) is 29.8 Å². The third kappa shape index (κ3) is 3.28. The predicted octanol–water partition coefficient (Wildman–Crippen LogP) is 2.07. The van der Waals surface area contributed by atoms with E-state index in [1.807, 2.05) is 31.2 Å². The maximum atomic E-state index is 10.3. The van der Waals surface area contributed by atoms with E-state index in [1.165, 1.54) is 11.6 Å². The van der Waals surface area contributed by atoms with Crippen LogP contribution in [0.25, 0.3) is 6.08 Å². The molecule has 0 radical (unpaired) electrons. The van der Waals surface area contributed by atoms with Crippen LogP contribution in [0.4, 0.5) is 0 Å². The van der Waals surface area contributed by atoms with Gasteiger partial charge in [0.2, 0.25) is 11.8 Å². The van der Waals surface area contributed by atoms with Gasteiger partial charge in [0.25, 0.3) is 0 Å². The van der Waals surface area contributed by atoms with Crippen molar-refractivity contribution in [1.29, 1.82) is 0 Å².